The van der Waals surface area contributed by atoms with E-state index in [0.717, 1.165) is 87.1 Å². The molecule has 9 heteroatoms. The van der Waals surface area contributed by atoms with Crippen LogP contribution < -0.4 is 0 Å². The average Bonchev–Trinajstić information content (AvgIpc) is 3.73. The molecule has 1 aliphatic heterocycles. The average molecular weight is 1010 g/mol. The normalized spacial score (nSPS) is 27.6. The number of piperidine rings is 1. The third-order valence-electron chi connectivity index (χ3n) is 18.8. The molecule has 0 bridgehead atoms. The minimum absolute atomic E-state index is 0.0410. The van der Waals surface area contributed by atoms with E-state index in [-0.39, 0.29) is 73.9 Å². The molecule has 1 heterocycles. The highest BCUT2D eigenvalue weighted by Gasteiger charge is 2.59. The SMILES string of the molecule is CCCCCCCCC=CCCCCCCCCOCC(CN1CCC(C(=O)OCC)CC1)OCCOC(=O)CCC(=O)CO[C@H]1CC[C@@]2(C)C(=CC[C@H]3[C@@H]4CC[C@H]([C@H](C)CCCC(C)C)[C@@]4(C)CC[C@@H]32)C1. The van der Waals surface area contributed by atoms with Crippen LogP contribution in [0.2, 0.25) is 0 Å². The Morgan fingerprint density at radius 2 is 1.44 bits per heavy atom. The van der Waals surface area contributed by atoms with Gasteiger partial charge in [0.1, 0.15) is 13.2 Å². The number of carbonyl (C=O) groups is 3. The van der Waals surface area contributed by atoms with E-state index in [1.807, 2.05) is 6.92 Å². The van der Waals surface area contributed by atoms with Gasteiger partial charge in [0, 0.05) is 19.6 Å². The van der Waals surface area contributed by atoms with Crippen molar-refractivity contribution in [3.05, 3.63) is 23.8 Å². The Morgan fingerprint density at radius 1 is 0.736 bits per heavy atom. The topological polar surface area (TPSA) is 101 Å². The predicted octanol–water partition coefficient (Wildman–Crippen LogP) is 15.0. The van der Waals surface area contributed by atoms with Crippen LogP contribution in [0.1, 0.15) is 235 Å². The molecule has 0 N–H and O–H groups in total. The van der Waals surface area contributed by atoms with Crippen molar-refractivity contribution in [2.24, 2.45) is 52.3 Å². The molecule has 5 aliphatic rings. The standard InChI is InChI=1S/C63H109NO8/c1-8-10-11-12-13-14-15-16-17-18-19-20-21-22-23-24-42-68-48-55(46-64-40-36-51(37-41-64)61(67)69-9-2)70-43-44-71-60(66)33-29-53(65)47-72-54-34-38-62(6)52(45-54)28-30-56-58-32-31-57(50(5)27-25-26-49(3)4)63(58,7)39-35-59(56)62/h16-17,28,49-51,54-59H,8-15,18-27,29-48H2,1-7H3/t50-,54+,55?,56+,57-,58+,59+,62+,63-/m1/s1. The molecule has 4 fully saturated rings. The molecule has 72 heavy (non-hydrogen) atoms. The van der Waals surface area contributed by atoms with Gasteiger partial charge in [-0.1, -0.05) is 142 Å². The summed E-state index contributed by atoms with van der Waals surface area (Å²) in [7, 11) is 0. The predicted molar refractivity (Wildman–Crippen MR) is 294 cm³/mol. The molecule has 1 saturated heterocycles. The van der Waals surface area contributed by atoms with Crippen molar-refractivity contribution in [2.75, 3.05) is 59.3 Å². The van der Waals surface area contributed by atoms with E-state index < -0.39 is 0 Å². The van der Waals surface area contributed by atoms with E-state index in [9.17, 15) is 14.4 Å². The van der Waals surface area contributed by atoms with Crippen molar-refractivity contribution in [1.29, 1.82) is 0 Å². The van der Waals surface area contributed by atoms with Crippen molar-refractivity contribution in [3.63, 3.8) is 0 Å². The number of unbranched alkanes of at least 4 members (excludes halogenated alkanes) is 12. The number of rotatable bonds is 37. The van der Waals surface area contributed by atoms with E-state index >= 15 is 0 Å². The maximum Gasteiger partial charge on any atom is 0.309 e. The van der Waals surface area contributed by atoms with Crippen LogP contribution in [0.25, 0.3) is 0 Å². The fourth-order valence-corrected chi connectivity index (χ4v) is 14.5. The molecule has 0 radical (unpaired) electrons. The van der Waals surface area contributed by atoms with Crippen LogP contribution in [-0.4, -0.2) is 94.1 Å². The lowest BCUT2D eigenvalue weighted by Crippen LogP contribution is -2.51. The van der Waals surface area contributed by atoms with Crippen molar-refractivity contribution >= 4 is 17.7 Å². The molecule has 3 saturated carbocycles. The van der Waals surface area contributed by atoms with E-state index in [1.165, 1.54) is 135 Å². The molecule has 0 aromatic carbocycles. The number of carbonyl (C=O) groups excluding carboxylic acids is 3. The fourth-order valence-electron chi connectivity index (χ4n) is 14.5. The number of hydrogen-bond acceptors (Lipinski definition) is 9. The number of ketones is 1. The number of Topliss-reactive ketones (excluding diaryl/α,β-unsaturated/α-hetero) is 1. The Kier molecular flexibility index (Phi) is 28.0. The summed E-state index contributed by atoms with van der Waals surface area (Å²) in [5.74, 6) is 4.39. The number of hydrogen-bond donors (Lipinski definition) is 0. The van der Waals surface area contributed by atoms with Crippen LogP contribution in [0, 0.1) is 52.3 Å². The molecule has 9 nitrogen and oxygen atoms in total. The van der Waals surface area contributed by atoms with Crippen molar-refractivity contribution in [3.8, 4) is 0 Å². The molecule has 0 aromatic rings. The first-order valence-corrected chi connectivity index (χ1v) is 30.6. The molecule has 9 atom stereocenters. The zero-order valence-electron chi connectivity index (χ0n) is 47.5. The highest BCUT2D eigenvalue weighted by atomic mass is 16.6. The number of nitrogens with zero attached hydrogens (tertiary/aromatic N) is 1. The lowest BCUT2D eigenvalue weighted by Gasteiger charge is -2.58. The molecule has 0 spiro atoms. The van der Waals surface area contributed by atoms with E-state index in [0.29, 0.717) is 31.8 Å². The van der Waals surface area contributed by atoms with Gasteiger partial charge < -0.3 is 28.6 Å². The lowest BCUT2D eigenvalue weighted by molar-refractivity contribution is -0.150. The molecular formula is C63H109NO8. The minimum atomic E-state index is -0.381. The maximum absolute atomic E-state index is 13.0. The first-order valence-electron chi connectivity index (χ1n) is 30.6. The monoisotopic (exact) mass is 1010 g/mol. The molecule has 4 aliphatic carbocycles. The first-order chi connectivity index (χ1) is 34.9. The summed E-state index contributed by atoms with van der Waals surface area (Å²) in [6.07, 6.45) is 40.9. The van der Waals surface area contributed by atoms with Gasteiger partial charge in [-0.3, -0.25) is 14.4 Å². The van der Waals surface area contributed by atoms with Gasteiger partial charge in [-0.05, 0) is 163 Å². The third kappa shape index (κ3) is 19.8. The molecule has 414 valence electrons. The molecular weight excluding hydrogens is 899 g/mol. The summed E-state index contributed by atoms with van der Waals surface area (Å²) < 4.78 is 29.5. The summed E-state index contributed by atoms with van der Waals surface area (Å²) in [4.78, 5) is 40.4. The van der Waals surface area contributed by atoms with Crippen LogP contribution in [0.15, 0.2) is 23.8 Å². The van der Waals surface area contributed by atoms with Gasteiger partial charge in [0.25, 0.3) is 0 Å². The lowest BCUT2D eigenvalue weighted by atomic mass is 9.47. The van der Waals surface area contributed by atoms with Crippen molar-refractivity contribution in [2.45, 2.75) is 247 Å². The van der Waals surface area contributed by atoms with Gasteiger partial charge in [0.2, 0.25) is 0 Å². The van der Waals surface area contributed by atoms with Gasteiger partial charge in [-0.2, -0.15) is 0 Å². The highest BCUT2D eigenvalue weighted by molar-refractivity contribution is 5.83. The second-order valence-corrected chi connectivity index (χ2v) is 24.6. The second kappa shape index (κ2) is 33.2. The maximum atomic E-state index is 13.0. The van der Waals surface area contributed by atoms with E-state index in [2.05, 4.69) is 64.7 Å². The Bertz CT molecular complexity index is 1600. The fraction of sp³-hybridized carbons (Fsp3) is 0.889. The zero-order valence-corrected chi connectivity index (χ0v) is 47.5. The molecule has 5 rings (SSSR count). The van der Waals surface area contributed by atoms with Crippen LogP contribution >= 0.6 is 0 Å². The van der Waals surface area contributed by atoms with Gasteiger partial charge in [-0.25, -0.2) is 0 Å². The Balaban J connectivity index is 0.942. The summed E-state index contributed by atoms with van der Waals surface area (Å²) >= 11 is 0. The van der Waals surface area contributed by atoms with Crippen LogP contribution in [-0.2, 0) is 38.1 Å². The highest BCUT2D eigenvalue weighted by Crippen LogP contribution is 2.67. The van der Waals surface area contributed by atoms with E-state index in [4.69, 9.17) is 23.7 Å². The second-order valence-electron chi connectivity index (χ2n) is 24.6. The smallest absolute Gasteiger partial charge is 0.309 e. The van der Waals surface area contributed by atoms with E-state index in [1.54, 1.807) is 5.57 Å². The van der Waals surface area contributed by atoms with Crippen molar-refractivity contribution in [1.82, 2.24) is 4.90 Å². The largest absolute Gasteiger partial charge is 0.466 e. The summed E-state index contributed by atoms with van der Waals surface area (Å²) in [6, 6.07) is 0. The van der Waals surface area contributed by atoms with Gasteiger partial charge in [-0.15, -0.1) is 0 Å². The number of allylic oxidation sites excluding steroid dienone is 3. The third-order valence-corrected chi connectivity index (χ3v) is 18.8. The van der Waals surface area contributed by atoms with Crippen LogP contribution in [0.5, 0.6) is 0 Å². The van der Waals surface area contributed by atoms with Crippen LogP contribution in [0.3, 0.4) is 0 Å². The number of likely N-dealkylation sites (tertiary alicyclic amines) is 1. The Labute approximate surface area is 441 Å². The number of esters is 2. The quantitative estimate of drug-likeness (QED) is 0.0342. The zero-order chi connectivity index (χ0) is 51.6. The van der Waals surface area contributed by atoms with Crippen LogP contribution in [0.4, 0.5) is 0 Å². The molecule has 0 aromatic heterocycles. The summed E-state index contributed by atoms with van der Waals surface area (Å²) in [6.45, 7) is 21.0. The Morgan fingerprint density at radius 3 is 2.15 bits per heavy atom. The number of fused-ring (bicyclic) bond motifs is 5. The summed E-state index contributed by atoms with van der Waals surface area (Å²) in [5, 5.41) is 0. The van der Waals surface area contributed by atoms with Gasteiger partial charge >= 0.3 is 11.9 Å². The van der Waals surface area contributed by atoms with Gasteiger partial charge in [0.05, 0.1) is 44.4 Å². The number of ether oxygens (including phenoxy) is 5. The Hall–Kier alpha value is -2.07. The molecule has 0 amide bonds. The molecule has 1 unspecified atom stereocenters. The van der Waals surface area contributed by atoms with Crippen molar-refractivity contribution < 1.29 is 38.1 Å². The van der Waals surface area contributed by atoms with Gasteiger partial charge in [0.15, 0.2) is 5.78 Å². The minimum Gasteiger partial charge on any atom is -0.466 e. The first kappa shape index (κ1) is 60.8. The summed E-state index contributed by atoms with van der Waals surface area (Å²) in [5.41, 5.74) is 2.33.